The lowest BCUT2D eigenvalue weighted by Crippen LogP contribution is -2.14. The maximum Gasteiger partial charge on any atom is 0.0816 e. The van der Waals surface area contributed by atoms with Gasteiger partial charge in [0.2, 0.25) is 0 Å². The fourth-order valence-electron chi connectivity index (χ4n) is 1.59. The van der Waals surface area contributed by atoms with Gasteiger partial charge in [0.15, 0.2) is 0 Å². The maximum absolute atomic E-state index is 6.18. The Kier molecular flexibility index (Phi) is 2.88. The molecular formula is C11H15N3S. The SMILES string of the molecule is CCc1ccc(C(N)c2ccnn2C)s1. The lowest BCUT2D eigenvalue weighted by Gasteiger charge is -2.09. The molecular weight excluding hydrogens is 206 g/mol. The quantitative estimate of drug-likeness (QED) is 0.862. The Balaban J connectivity index is 2.28. The summed E-state index contributed by atoms with van der Waals surface area (Å²) < 4.78 is 1.83. The summed E-state index contributed by atoms with van der Waals surface area (Å²) in [5, 5.41) is 4.13. The van der Waals surface area contributed by atoms with Crippen LogP contribution in [0, 0.1) is 0 Å². The minimum Gasteiger partial charge on any atom is -0.318 e. The van der Waals surface area contributed by atoms with Crippen LogP contribution in [0.15, 0.2) is 24.4 Å². The number of hydrogen-bond donors (Lipinski definition) is 1. The van der Waals surface area contributed by atoms with Gasteiger partial charge in [0.1, 0.15) is 0 Å². The van der Waals surface area contributed by atoms with Crippen molar-refractivity contribution >= 4 is 11.3 Å². The summed E-state index contributed by atoms with van der Waals surface area (Å²) in [6.45, 7) is 2.16. The van der Waals surface area contributed by atoms with Crippen molar-refractivity contribution in [2.24, 2.45) is 12.8 Å². The molecule has 1 atom stereocenters. The third-order valence-electron chi connectivity index (χ3n) is 2.51. The van der Waals surface area contributed by atoms with Crippen molar-refractivity contribution in [2.75, 3.05) is 0 Å². The minimum absolute atomic E-state index is 0.0530. The largest absolute Gasteiger partial charge is 0.318 e. The van der Waals surface area contributed by atoms with E-state index < -0.39 is 0 Å². The van der Waals surface area contributed by atoms with Crippen LogP contribution >= 0.6 is 11.3 Å². The minimum atomic E-state index is -0.0530. The number of nitrogens with two attached hydrogens (primary N) is 1. The molecule has 0 aliphatic carbocycles. The molecule has 0 spiro atoms. The fourth-order valence-corrected chi connectivity index (χ4v) is 2.55. The summed E-state index contributed by atoms with van der Waals surface area (Å²) >= 11 is 1.78. The summed E-state index contributed by atoms with van der Waals surface area (Å²) in [4.78, 5) is 2.58. The van der Waals surface area contributed by atoms with Crippen molar-refractivity contribution in [3.63, 3.8) is 0 Å². The Hall–Kier alpha value is -1.13. The van der Waals surface area contributed by atoms with Crippen molar-refractivity contribution in [1.82, 2.24) is 9.78 Å². The standard InChI is InChI=1S/C11H15N3S/c1-3-8-4-5-10(15-8)11(12)9-6-7-13-14(9)2/h4-7,11H,3,12H2,1-2H3. The van der Waals surface area contributed by atoms with E-state index in [1.165, 1.54) is 9.75 Å². The molecule has 0 aliphatic heterocycles. The van der Waals surface area contributed by atoms with Crippen LogP contribution in [0.2, 0.25) is 0 Å². The maximum atomic E-state index is 6.18. The number of thiophene rings is 1. The van der Waals surface area contributed by atoms with Crippen molar-refractivity contribution in [2.45, 2.75) is 19.4 Å². The number of hydrogen-bond acceptors (Lipinski definition) is 3. The predicted octanol–water partition coefficient (Wildman–Crippen LogP) is 2.09. The fraction of sp³-hybridized carbons (Fsp3) is 0.364. The highest BCUT2D eigenvalue weighted by Gasteiger charge is 2.14. The van der Waals surface area contributed by atoms with Gasteiger partial charge in [0.25, 0.3) is 0 Å². The molecule has 4 heteroatoms. The first-order valence-corrected chi connectivity index (χ1v) is 5.86. The van der Waals surface area contributed by atoms with Gasteiger partial charge < -0.3 is 5.73 Å². The van der Waals surface area contributed by atoms with Crippen LogP contribution in [-0.2, 0) is 13.5 Å². The van der Waals surface area contributed by atoms with Crippen LogP contribution in [0.1, 0.15) is 28.4 Å². The summed E-state index contributed by atoms with van der Waals surface area (Å²) in [5.74, 6) is 0. The van der Waals surface area contributed by atoms with Crippen LogP contribution in [0.3, 0.4) is 0 Å². The molecule has 0 saturated carbocycles. The Bertz CT molecular complexity index is 444. The monoisotopic (exact) mass is 221 g/mol. The van der Waals surface area contributed by atoms with E-state index in [4.69, 9.17) is 5.73 Å². The van der Waals surface area contributed by atoms with Crippen molar-refractivity contribution < 1.29 is 0 Å². The average molecular weight is 221 g/mol. The Morgan fingerprint density at radius 1 is 1.47 bits per heavy atom. The first-order valence-electron chi connectivity index (χ1n) is 5.04. The van der Waals surface area contributed by atoms with E-state index >= 15 is 0 Å². The molecule has 80 valence electrons. The Labute approximate surface area is 93.5 Å². The molecule has 1 unspecified atom stereocenters. The first-order chi connectivity index (χ1) is 7.22. The highest BCUT2D eigenvalue weighted by molar-refractivity contribution is 7.12. The molecule has 3 nitrogen and oxygen atoms in total. The molecule has 15 heavy (non-hydrogen) atoms. The van der Waals surface area contributed by atoms with Crippen LogP contribution in [0.4, 0.5) is 0 Å². The van der Waals surface area contributed by atoms with Gasteiger partial charge in [-0.2, -0.15) is 5.10 Å². The van der Waals surface area contributed by atoms with E-state index in [0.717, 1.165) is 12.1 Å². The third-order valence-corrected chi connectivity index (χ3v) is 3.83. The predicted molar refractivity (Wildman–Crippen MR) is 62.9 cm³/mol. The van der Waals surface area contributed by atoms with Gasteiger partial charge in [-0.15, -0.1) is 11.3 Å². The second kappa shape index (κ2) is 4.16. The van der Waals surface area contributed by atoms with Crippen LogP contribution in [-0.4, -0.2) is 9.78 Å². The van der Waals surface area contributed by atoms with E-state index in [1.807, 2.05) is 17.8 Å². The second-order valence-electron chi connectivity index (χ2n) is 3.51. The Morgan fingerprint density at radius 3 is 2.80 bits per heavy atom. The molecule has 2 N–H and O–H groups in total. The van der Waals surface area contributed by atoms with Gasteiger partial charge in [-0.1, -0.05) is 6.92 Å². The molecule has 0 aromatic carbocycles. The number of nitrogens with zero attached hydrogens (tertiary/aromatic N) is 2. The lowest BCUT2D eigenvalue weighted by molar-refractivity contribution is 0.678. The molecule has 2 aromatic rings. The molecule has 0 bridgehead atoms. The zero-order chi connectivity index (χ0) is 10.8. The molecule has 0 radical (unpaired) electrons. The smallest absolute Gasteiger partial charge is 0.0816 e. The topological polar surface area (TPSA) is 43.8 Å². The van der Waals surface area contributed by atoms with Gasteiger partial charge in [-0.05, 0) is 24.6 Å². The highest BCUT2D eigenvalue weighted by atomic mass is 32.1. The van der Waals surface area contributed by atoms with Gasteiger partial charge in [-0.25, -0.2) is 0 Å². The zero-order valence-electron chi connectivity index (χ0n) is 8.97. The van der Waals surface area contributed by atoms with Crippen molar-refractivity contribution in [1.29, 1.82) is 0 Å². The van der Waals surface area contributed by atoms with Gasteiger partial charge >= 0.3 is 0 Å². The Morgan fingerprint density at radius 2 is 2.27 bits per heavy atom. The summed E-state index contributed by atoms with van der Waals surface area (Å²) in [6, 6.07) is 6.18. The normalized spacial score (nSPS) is 13.0. The highest BCUT2D eigenvalue weighted by Crippen LogP contribution is 2.26. The number of rotatable bonds is 3. The van der Waals surface area contributed by atoms with Gasteiger partial charge in [-0.3, -0.25) is 4.68 Å². The summed E-state index contributed by atoms with van der Waals surface area (Å²) in [5.41, 5.74) is 7.23. The molecule has 2 rings (SSSR count). The third kappa shape index (κ3) is 1.96. The number of aromatic nitrogens is 2. The summed E-state index contributed by atoms with van der Waals surface area (Å²) in [7, 11) is 1.92. The average Bonchev–Trinajstić information content (AvgIpc) is 2.84. The van der Waals surface area contributed by atoms with Gasteiger partial charge in [0, 0.05) is 23.0 Å². The van der Waals surface area contributed by atoms with E-state index in [-0.39, 0.29) is 6.04 Å². The van der Waals surface area contributed by atoms with Crippen LogP contribution < -0.4 is 5.73 Å². The van der Waals surface area contributed by atoms with Crippen molar-refractivity contribution in [3.8, 4) is 0 Å². The second-order valence-corrected chi connectivity index (χ2v) is 4.71. The summed E-state index contributed by atoms with van der Waals surface area (Å²) in [6.07, 6.45) is 2.85. The molecule has 0 saturated heterocycles. The van der Waals surface area contributed by atoms with Crippen molar-refractivity contribution in [3.05, 3.63) is 39.8 Å². The van der Waals surface area contributed by atoms with Gasteiger partial charge in [0.05, 0.1) is 11.7 Å². The van der Waals surface area contributed by atoms with E-state index in [9.17, 15) is 0 Å². The molecule has 0 fully saturated rings. The lowest BCUT2D eigenvalue weighted by atomic mass is 10.2. The number of aryl methyl sites for hydroxylation is 2. The van der Waals surface area contributed by atoms with E-state index in [2.05, 4.69) is 24.2 Å². The first kappa shape index (κ1) is 10.4. The van der Waals surface area contributed by atoms with Crippen LogP contribution in [0.25, 0.3) is 0 Å². The van der Waals surface area contributed by atoms with Crippen LogP contribution in [0.5, 0.6) is 0 Å². The molecule has 2 heterocycles. The zero-order valence-corrected chi connectivity index (χ0v) is 9.79. The molecule has 2 aromatic heterocycles. The van der Waals surface area contributed by atoms with E-state index in [0.29, 0.717) is 0 Å². The molecule has 0 amide bonds. The molecule has 0 aliphatic rings. The van der Waals surface area contributed by atoms with E-state index in [1.54, 1.807) is 17.5 Å².